The van der Waals surface area contributed by atoms with Crippen LogP contribution in [0.4, 0.5) is 5.69 Å². The average Bonchev–Trinajstić information content (AvgIpc) is 2.74. The molecule has 0 spiro atoms. The summed E-state index contributed by atoms with van der Waals surface area (Å²) in [7, 11) is -2.40. The number of aryl methyl sites for hydroxylation is 4. The Bertz CT molecular complexity index is 1230. The Morgan fingerprint density at radius 2 is 1.55 bits per heavy atom. The highest BCUT2D eigenvalue weighted by Crippen LogP contribution is 2.27. The van der Waals surface area contributed by atoms with Gasteiger partial charge in [0, 0.05) is 18.3 Å². The number of hydrogen-bond acceptors (Lipinski definition) is 4. The number of nitrogens with zero attached hydrogens (tertiary/aromatic N) is 1. The van der Waals surface area contributed by atoms with E-state index in [9.17, 15) is 13.2 Å². The number of benzene rings is 3. The molecule has 7 heteroatoms. The molecule has 0 saturated heterocycles. The van der Waals surface area contributed by atoms with Crippen molar-refractivity contribution in [1.29, 1.82) is 0 Å². The monoisotopic (exact) mass is 466 g/mol. The van der Waals surface area contributed by atoms with Gasteiger partial charge in [-0.05, 0) is 56.5 Å². The summed E-state index contributed by atoms with van der Waals surface area (Å²) in [5.74, 6) is 0.171. The van der Waals surface area contributed by atoms with Crippen LogP contribution in [-0.4, -0.2) is 32.3 Å². The highest BCUT2D eigenvalue weighted by atomic mass is 32.2. The SMILES string of the molecule is COc1cccc(NC(=O)CN(Cc2ccc(C)cc2)S(=O)(=O)c2c(C)cc(C)cc2C)c1. The van der Waals surface area contributed by atoms with Crippen LogP contribution >= 0.6 is 0 Å². The number of rotatable bonds is 8. The van der Waals surface area contributed by atoms with Gasteiger partial charge in [-0.1, -0.05) is 53.6 Å². The molecule has 3 aromatic carbocycles. The highest BCUT2D eigenvalue weighted by Gasteiger charge is 2.30. The molecule has 0 aliphatic carbocycles. The number of sulfonamides is 1. The van der Waals surface area contributed by atoms with Crippen LogP contribution in [0.1, 0.15) is 27.8 Å². The number of carbonyl (C=O) groups excluding carboxylic acids is 1. The highest BCUT2D eigenvalue weighted by molar-refractivity contribution is 7.89. The Balaban J connectivity index is 1.95. The van der Waals surface area contributed by atoms with E-state index in [1.807, 2.05) is 50.2 Å². The molecule has 3 rings (SSSR count). The fourth-order valence-corrected chi connectivity index (χ4v) is 5.68. The van der Waals surface area contributed by atoms with Crippen LogP contribution in [0, 0.1) is 27.7 Å². The van der Waals surface area contributed by atoms with E-state index in [1.54, 1.807) is 45.2 Å². The fraction of sp³-hybridized carbons (Fsp3) is 0.269. The van der Waals surface area contributed by atoms with E-state index in [4.69, 9.17) is 4.74 Å². The van der Waals surface area contributed by atoms with Gasteiger partial charge in [0.05, 0.1) is 18.6 Å². The molecule has 3 aromatic rings. The molecule has 0 aromatic heterocycles. The second-order valence-corrected chi connectivity index (χ2v) is 10.1. The lowest BCUT2D eigenvalue weighted by Crippen LogP contribution is -2.38. The Hall–Kier alpha value is -3.16. The van der Waals surface area contributed by atoms with E-state index < -0.39 is 15.9 Å². The molecule has 174 valence electrons. The van der Waals surface area contributed by atoms with Gasteiger partial charge in [-0.15, -0.1) is 0 Å². The molecule has 0 radical (unpaired) electrons. The molecule has 0 fully saturated rings. The molecule has 1 amide bonds. The lowest BCUT2D eigenvalue weighted by molar-refractivity contribution is -0.116. The molecule has 0 atom stereocenters. The van der Waals surface area contributed by atoms with Crippen LogP contribution in [0.2, 0.25) is 0 Å². The number of nitrogens with one attached hydrogen (secondary N) is 1. The largest absolute Gasteiger partial charge is 0.497 e. The number of amides is 1. The van der Waals surface area contributed by atoms with E-state index in [2.05, 4.69) is 5.32 Å². The summed E-state index contributed by atoms with van der Waals surface area (Å²) in [5, 5.41) is 2.78. The maximum atomic E-state index is 13.8. The van der Waals surface area contributed by atoms with Crippen molar-refractivity contribution in [2.24, 2.45) is 0 Å². The average molecular weight is 467 g/mol. The molecular weight excluding hydrogens is 436 g/mol. The lowest BCUT2D eigenvalue weighted by atomic mass is 10.1. The standard InChI is InChI=1S/C26H30N2O4S/c1-18-9-11-22(12-10-18)16-28(17-25(29)27-23-7-6-8-24(15-23)32-5)33(30,31)26-20(3)13-19(2)14-21(26)4/h6-15H,16-17H2,1-5H3,(H,27,29). The second kappa shape index (κ2) is 10.2. The van der Waals surface area contributed by atoms with Crippen molar-refractivity contribution in [2.45, 2.75) is 39.1 Å². The van der Waals surface area contributed by atoms with Crippen molar-refractivity contribution in [3.05, 3.63) is 88.5 Å². The van der Waals surface area contributed by atoms with Crippen molar-refractivity contribution in [3.63, 3.8) is 0 Å². The minimum absolute atomic E-state index is 0.0842. The first-order chi connectivity index (χ1) is 15.6. The Labute approximate surface area is 196 Å². The van der Waals surface area contributed by atoms with E-state index in [-0.39, 0.29) is 18.0 Å². The van der Waals surface area contributed by atoms with Crippen LogP contribution in [-0.2, 0) is 21.4 Å². The Morgan fingerprint density at radius 1 is 0.909 bits per heavy atom. The van der Waals surface area contributed by atoms with Gasteiger partial charge in [-0.25, -0.2) is 8.42 Å². The van der Waals surface area contributed by atoms with Crippen molar-refractivity contribution >= 4 is 21.6 Å². The maximum Gasteiger partial charge on any atom is 0.244 e. The predicted octanol–water partition coefficient (Wildman–Crippen LogP) is 4.76. The van der Waals surface area contributed by atoms with Crippen LogP contribution in [0.5, 0.6) is 5.75 Å². The Kier molecular flexibility index (Phi) is 7.56. The summed E-state index contributed by atoms with van der Waals surface area (Å²) < 4.78 is 34.0. The van der Waals surface area contributed by atoms with Gasteiger partial charge in [-0.3, -0.25) is 4.79 Å². The first kappa shape index (κ1) is 24.5. The topological polar surface area (TPSA) is 75.7 Å². The van der Waals surface area contributed by atoms with E-state index in [0.29, 0.717) is 22.6 Å². The zero-order valence-corrected chi connectivity index (χ0v) is 20.5. The molecule has 0 bridgehead atoms. The number of hydrogen-bond donors (Lipinski definition) is 1. The molecule has 0 unspecified atom stereocenters. The molecule has 33 heavy (non-hydrogen) atoms. The third-order valence-electron chi connectivity index (χ3n) is 5.36. The molecular formula is C26H30N2O4S. The summed E-state index contributed by atoms with van der Waals surface area (Å²) in [6, 6.07) is 18.3. The Morgan fingerprint density at radius 3 is 2.15 bits per heavy atom. The molecule has 0 saturated carbocycles. The quantitative estimate of drug-likeness (QED) is 0.519. The molecule has 6 nitrogen and oxygen atoms in total. The third kappa shape index (κ3) is 6.00. The normalized spacial score (nSPS) is 11.5. The van der Waals surface area contributed by atoms with Gasteiger partial charge in [0.15, 0.2) is 0 Å². The smallest absolute Gasteiger partial charge is 0.244 e. The molecule has 0 heterocycles. The van der Waals surface area contributed by atoms with Crippen LogP contribution in [0.15, 0.2) is 65.6 Å². The summed E-state index contributed by atoms with van der Waals surface area (Å²) in [6.45, 7) is 7.24. The molecule has 1 N–H and O–H groups in total. The summed E-state index contributed by atoms with van der Waals surface area (Å²) in [5.41, 5.74) is 4.73. The van der Waals surface area contributed by atoms with Crippen LogP contribution < -0.4 is 10.1 Å². The van der Waals surface area contributed by atoms with E-state index in [1.165, 1.54) is 4.31 Å². The van der Waals surface area contributed by atoms with Crippen molar-refractivity contribution < 1.29 is 17.9 Å². The minimum atomic E-state index is -3.94. The summed E-state index contributed by atoms with van der Waals surface area (Å²) >= 11 is 0. The summed E-state index contributed by atoms with van der Waals surface area (Å²) in [6.07, 6.45) is 0. The first-order valence-corrected chi connectivity index (χ1v) is 12.1. The third-order valence-corrected chi connectivity index (χ3v) is 7.45. The zero-order chi connectivity index (χ0) is 24.2. The first-order valence-electron chi connectivity index (χ1n) is 10.7. The molecule has 0 aliphatic rings. The van der Waals surface area contributed by atoms with Crippen molar-refractivity contribution in [3.8, 4) is 5.75 Å². The van der Waals surface area contributed by atoms with Crippen molar-refractivity contribution in [1.82, 2.24) is 4.31 Å². The minimum Gasteiger partial charge on any atom is -0.497 e. The van der Waals surface area contributed by atoms with Crippen LogP contribution in [0.3, 0.4) is 0 Å². The van der Waals surface area contributed by atoms with Gasteiger partial charge < -0.3 is 10.1 Å². The van der Waals surface area contributed by atoms with Gasteiger partial charge in [0.25, 0.3) is 0 Å². The van der Waals surface area contributed by atoms with E-state index >= 15 is 0 Å². The van der Waals surface area contributed by atoms with Gasteiger partial charge in [0.1, 0.15) is 5.75 Å². The van der Waals surface area contributed by atoms with Gasteiger partial charge in [-0.2, -0.15) is 4.31 Å². The second-order valence-electron chi connectivity index (χ2n) is 8.27. The number of ether oxygens (including phenoxy) is 1. The van der Waals surface area contributed by atoms with Crippen LogP contribution in [0.25, 0.3) is 0 Å². The van der Waals surface area contributed by atoms with Gasteiger partial charge >= 0.3 is 0 Å². The number of methoxy groups -OCH3 is 1. The maximum absolute atomic E-state index is 13.8. The fourth-order valence-electron chi connectivity index (χ4n) is 3.89. The lowest BCUT2D eigenvalue weighted by Gasteiger charge is -2.24. The van der Waals surface area contributed by atoms with Gasteiger partial charge in [0.2, 0.25) is 15.9 Å². The number of carbonyl (C=O) groups is 1. The van der Waals surface area contributed by atoms with E-state index in [0.717, 1.165) is 16.7 Å². The zero-order valence-electron chi connectivity index (χ0n) is 19.7. The molecule has 0 aliphatic heterocycles. The number of anilines is 1. The predicted molar refractivity (Wildman–Crippen MR) is 131 cm³/mol. The summed E-state index contributed by atoms with van der Waals surface area (Å²) in [4.78, 5) is 13.2. The van der Waals surface area contributed by atoms with Crippen molar-refractivity contribution in [2.75, 3.05) is 19.0 Å².